The van der Waals surface area contributed by atoms with E-state index in [1.165, 1.54) is 24.3 Å². The van der Waals surface area contributed by atoms with Crippen molar-refractivity contribution in [1.29, 1.82) is 0 Å². The second-order valence-electron chi connectivity index (χ2n) is 6.23. The predicted molar refractivity (Wildman–Crippen MR) is 95.4 cm³/mol. The van der Waals surface area contributed by atoms with Crippen molar-refractivity contribution in [2.24, 2.45) is 0 Å². The highest BCUT2D eigenvalue weighted by Gasteiger charge is 2.43. The summed E-state index contributed by atoms with van der Waals surface area (Å²) in [5.41, 5.74) is 0.937. The molecule has 0 radical (unpaired) electrons. The van der Waals surface area contributed by atoms with Crippen LogP contribution in [0.5, 0.6) is 11.5 Å². The molecule has 2 aliphatic heterocycles. The molecule has 28 heavy (non-hydrogen) atoms. The van der Waals surface area contributed by atoms with E-state index in [2.05, 4.69) is 19.5 Å². The first-order valence-electron chi connectivity index (χ1n) is 8.03. The molecule has 0 aliphatic carbocycles. The molecule has 0 spiro atoms. The zero-order valence-corrected chi connectivity index (χ0v) is 14.6. The summed E-state index contributed by atoms with van der Waals surface area (Å²) in [5, 5.41) is 3.56. The minimum absolute atomic E-state index is 0.0255. The molecule has 2 N–H and O–H groups in total. The van der Waals surface area contributed by atoms with Crippen LogP contribution in [-0.4, -0.2) is 20.6 Å². The molecule has 0 fully saturated rings. The van der Waals surface area contributed by atoms with Gasteiger partial charge >= 0.3 is 6.29 Å². The van der Waals surface area contributed by atoms with Crippen LogP contribution in [0, 0.1) is 0 Å². The minimum atomic E-state index is -4.08. The highest BCUT2D eigenvalue weighted by atomic mass is 32.2. The molecule has 1 amide bonds. The van der Waals surface area contributed by atoms with Crippen LogP contribution in [0.3, 0.4) is 0 Å². The van der Waals surface area contributed by atoms with Gasteiger partial charge in [0.15, 0.2) is 11.5 Å². The summed E-state index contributed by atoms with van der Waals surface area (Å²) >= 11 is 0. The van der Waals surface area contributed by atoms with Gasteiger partial charge < -0.3 is 14.8 Å². The number of carbonyl (C=O) groups is 1. The molecule has 0 saturated heterocycles. The van der Waals surface area contributed by atoms with E-state index in [0.29, 0.717) is 22.0 Å². The van der Waals surface area contributed by atoms with Gasteiger partial charge in [0, 0.05) is 28.1 Å². The highest BCUT2D eigenvalue weighted by Crippen LogP contribution is 2.43. The van der Waals surface area contributed by atoms with E-state index in [-0.39, 0.29) is 28.0 Å². The molecule has 2 aliphatic rings. The molecule has 0 saturated carbocycles. The molecule has 3 aromatic rings. The van der Waals surface area contributed by atoms with Crippen LogP contribution in [0.4, 0.5) is 20.2 Å². The predicted octanol–water partition coefficient (Wildman–Crippen LogP) is 3.53. The SMILES string of the molecule is O=C1Nc2ccc(S(=O)(=O)Nc3ccc4c(c3)OC(F)(F)O4)c3cccc1c23. The Labute approximate surface area is 156 Å². The maximum atomic E-state index is 13.1. The number of halogens is 2. The number of nitrogens with one attached hydrogen (secondary N) is 2. The third kappa shape index (κ3) is 2.45. The topological polar surface area (TPSA) is 93.7 Å². The molecule has 5 rings (SSSR count). The van der Waals surface area contributed by atoms with Crippen LogP contribution < -0.4 is 19.5 Å². The molecule has 0 unspecified atom stereocenters. The lowest BCUT2D eigenvalue weighted by atomic mass is 10.1. The Hall–Kier alpha value is -3.40. The number of anilines is 2. The average Bonchev–Trinajstić information content (AvgIpc) is 3.11. The number of hydrogen-bond donors (Lipinski definition) is 2. The van der Waals surface area contributed by atoms with Crippen molar-refractivity contribution in [2.75, 3.05) is 10.0 Å². The number of benzene rings is 3. The normalized spacial score (nSPS) is 16.3. The van der Waals surface area contributed by atoms with Gasteiger partial charge in [-0.05, 0) is 30.3 Å². The summed E-state index contributed by atoms with van der Waals surface area (Å²) in [7, 11) is -4.08. The van der Waals surface area contributed by atoms with Crippen LogP contribution in [-0.2, 0) is 10.0 Å². The van der Waals surface area contributed by atoms with Crippen molar-refractivity contribution < 1.29 is 31.5 Å². The number of carbonyl (C=O) groups excluding carboxylic acids is 1. The Morgan fingerprint density at radius 3 is 2.61 bits per heavy atom. The zero-order valence-electron chi connectivity index (χ0n) is 13.8. The molecular formula is C18H10F2N2O5S. The van der Waals surface area contributed by atoms with Crippen molar-refractivity contribution in [3.05, 3.63) is 54.1 Å². The van der Waals surface area contributed by atoms with Gasteiger partial charge in [0.25, 0.3) is 15.9 Å². The Morgan fingerprint density at radius 1 is 1.00 bits per heavy atom. The number of alkyl halides is 2. The highest BCUT2D eigenvalue weighted by molar-refractivity contribution is 7.93. The monoisotopic (exact) mass is 404 g/mol. The van der Waals surface area contributed by atoms with Crippen molar-refractivity contribution >= 4 is 38.1 Å². The van der Waals surface area contributed by atoms with Crippen molar-refractivity contribution in [2.45, 2.75) is 11.2 Å². The first kappa shape index (κ1) is 16.8. The van der Waals surface area contributed by atoms with Crippen molar-refractivity contribution in [3.63, 3.8) is 0 Å². The molecule has 2 heterocycles. The molecule has 0 aromatic heterocycles. The molecule has 0 atom stereocenters. The Kier molecular flexibility index (Phi) is 3.18. The first-order chi connectivity index (χ1) is 13.2. The van der Waals surface area contributed by atoms with Gasteiger partial charge in [-0.25, -0.2) is 8.42 Å². The van der Waals surface area contributed by atoms with Gasteiger partial charge in [-0.1, -0.05) is 12.1 Å². The fourth-order valence-corrected chi connectivity index (χ4v) is 4.57. The number of ether oxygens (including phenoxy) is 2. The van der Waals surface area contributed by atoms with Gasteiger partial charge in [-0.3, -0.25) is 9.52 Å². The molecule has 7 nitrogen and oxygen atoms in total. The maximum Gasteiger partial charge on any atom is 0.586 e. The second-order valence-corrected chi connectivity index (χ2v) is 7.88. The Bertz CT molecular complexity index is 1290. The lowest BCUT2D eigenvalue weighted by Gasteiger charge is -2.11. The number of sulfonamides is 1. The quantitative estimate of drug-likeness (QED) is 0.697. The van der Waals surface area contributed by atoms with Gasteiger partial charge in [0.2, 0.25) is 0 Å². The van der Waals surface area contributed by atoms with Crippen LogP contribution in [0.1, 0.15) is 10.4 Å². The number of hydrogen-bond acceptors (Lipinski definition) is 5. The van der Waals surface area contributed by atoms with Crippen LogP contribution in [0.25, 0.3) is 10.8 Å². The standard InChI is InChI=1S/C18H10F2N2O5S/c19-18(20)26-13-6-4-9(8-14(13)27-18)22-28(24,25)15-7-5-12-16-10(15)2-1-3-11(16)17(23)21-12/h1-8,22H,(H,21,23). The van der Waals surface area contributed by atoms with E-state index in [1.807, 2.05) is 0 Å². The number of amides is 1. The summed E-state index contributed by atoms with van der Waals surface area (Å²) in [6, 6.07) is 11.2. The van der Waals surface area contributed by atoms with Crippen LogP contribution in [0.2, 0.25) is 0 Å². The van der Waals surface area contributed by atoms with Gasteiger partial charge in [-0.2, -0.15) is 0 Å². The van der Waals surface area contributed by atoms with Gasteiger partial charge in [0.1, 0.15) is 0 Å². The molecule has 10 heteroatoms. The lowest BCUT2D eigenvalue weighted by molar-refractivity contribution is -0.286. The van der Waals surface area contributed by atoms with E-state index in [9.17, 15) is 22.0 Å². The molecule has 3 aromatic carbocycles. The van der Waals surface area contributed by atoms with Crippen LogP contribution in [0.15, 0.2) is 53.4 Å². The summed E-state index contributed by atoms with van der Waals surface area (Å²) in [4.78, 5) is 11.9. The van der Waals surface area contributed by atoms with Crippen molar-refractivity contribution in [3.8, 4) is 11.5 Å². The summed E-state index contributed by atoms with van der Waals surface area (Å²) in [6.07, 6.45) is -3.79. The van der Waals surface area contributed by atoms with Gasteiger partial charge in [0.05, 0.1) is 10.6 Å². The van der Waals surface area contributed by atoms with E-state index in [1.54, 1.807) is 18.2 Å². The summed E-state index contributed by atoms with van der Waals surface area (Å²) in [5.74, 6) is -0.775. The van der Waals surface area contributed by atoms with E-state index >= 15 is 0 Å². The van der Waals surface area contributed by atoms with Gasteiger partial charge in [-0.15, -0.1) is 8.78 Å². The third-order valence-corrected chi connectivity index (χ3v) is 5.88. The summed E-state index contributed by atoms with van der Waals surface area (Å²) < 4.78 is 63.1. The Morgan fingerprint density at radius 2 is 1.79 bits per heavy atom. The largest absolute Gasteiger partial charge is 0.586 e. The smallest absolute Gasteiger partial charge is 0.395 e. The third-order valence-electron chi connectivity index (χ3n) is 4.44. The molecular weight excluding hydrogens is 394 g/mol. The average molecular weight is 404 g/mol. The number of fused-ring (bicyclic) bond motifs is 1. The zero-order chi connectivity index (χ0) is 19.7. The van der Waals surface area contributed by atoms with Crippen LogP contribution >= 0.6 is 0 Å². The molecule has 142 valence electrons. The van der Waals surface area contributed by atoms with E-state index < -0.39 is 16.3 Å². The van der Waals surface area contributed by atoms with E-state index in [4.69, 9.17) is 0 Å². The minimum Gasteiger partial charge on any atom is -0.395 e. The fourth-order valence-electron chi connectivity index (χ4n) is 3.32. The number of rotatable bonds is 3. The second kappa shape index (κ2) is 5.32. The Balaban J connectivity index is 1.56. The maximum absolute atomic E-state index is 13.1. The first-order valence-corrected chi connectivity index (χ1v) is 9.52. The lowest BCUT2D eigenvalue weighted by Crippen LogP contribution is -2.25. The van der Waals surface area contributed by atoms with Crippen molar-refractivity contribution in [1.82, 2.24) is 0 Å². The summed E-state index contributed by atoms with van der Waals surface area (Å²) in [6.45, 7) is 0. The fraction of sp³-hybridized carbons (Fsp3) is 0.0556. The molecule has 0 bridgehead atoms. The van der Waals surface area contributed by atoms with E-state index in [0.717, 1.165) is 6.07 Å².